The number of benzene rings is 1. The number of carboxylic acid groups (broad SMARTS) is 1. The summed E-state index contributed by atoms with van der Waals surface area (Å²) in [6.07, 6.45) is 1.03. The number of amides is 2. The summed E-state index contributed by atoms with van der Waals surface area (Å²) in [7, 11) is 0. The second-order valence-corrected chi connectivity index (χ2v) is 5.75. The molecule has 1 aromatic carbocycles. The highest BCUT2D eigenvalue weighted by Crippen LogP contribution is 2.18. The number of nitrogens with one attached hydrogen (secondary N) is 1. The molecule has 0 aromatic heterocycles. The molecule has 0 spiro atoms. The van der Waals surface area contributed by atoms with Gasteiger partial charge < -0.3 is 15.3 Å². The van der Waals surface area contributed by atoms with E-state index in [2.05, 4.69) is 5.32 Å². The summed E-state index contributed by atoms with van der Waals surface area (Å²) in [5.41, 5.74) is 1.97. The van der Waals surface area contributed by atoms with E-state index in [1.54, 1.807) is 4.90 Å². The van der Waals surface area contributed by atoms with Crippen molar-refractivity contribution in [3.63, 3.8) is 0 Å². The number of carbonyl (C=O) groups excluding carboxylic acids is 1. The maximum Gasteiger partial charge on any atom is 0.317 e. The molecular weight excluding hydrogens is 292 g/mol. The van der Waals surface area contributed by atoms with Crippen molar-refractivity contribution in [2.75, 3.05) is 13.1 Å². The molecule has 21 heavy (non-hydrogen) atoms. The molecule has 0 atom stereocenters. The first-order valence-electron chi connectivity index (χ1n) is 6.98. The number of nitrogens with zero attached hydrogens (tertiary/aromatic N) is 1. The number of aliphatic carboxylic acids is 1. The number of hydrogen-bond acceptors (Lipinski definition) is 2. The van der Waals surface area contributed by atoms with Crippen molar-refractivity contribution >= 4 is 23.6 Å². The van der Waals surface area contributed by atoms with Gasteiger partial charge >= 0.3 is 12.0 Å². The van der Waals surface area contributed by atoms with E-state index in [0.717, 1.165) is 11.1 Å². The summed E-state index contributed by atoms with van der Waals surface area (Å²) in [5, 5.41) is 12.5. The summed E-state index contributed by atoms with van der Waals surface area (Å²) in [5.74, 6) is -1.10. The molecule has 1 saturated heterocycles. The minimum Gasteiger partial charge on any atom is -0.481 e. The Morgan fingerprint density at radius 2 is 2.05 bits per heavy atom. The lowest BCUT2D eigenvalue weighted by Gasteiger charge is -2.30. The first-order valence-corrected chi connectivity index (χ1v) is 7.36. The number of likely N-dealkylation sites (tertiary alicyclic amines) is 1. The van der Waals surface area contributed by atoms with Gasteiger partial charge in [0.15, 0.2) is 0 Å². The maximum atomic E-state index is 12.0. The quantitative estimate of drug-likeness (QED) is 0.901. The summed E-state index contributed by atoms with van der Waals surface area (Å²) in [6, 6.07) is 5.49. The zero-order valence-electron chi connectivity index (χ0n) is 11.9. The topological polar surface area (TPSA) is 69.6 Å². The first kappa shape index (κ1) is 15.6. The number of urea groups is 1. The molecule has 0 saturated carbocycles. The van der Waals surface area contributed by atoms with Crippen LogP contribution in [-0.4, -0.2) is 35.1 Å². The predicted molar refractivity (Wildman–Crippen MR) is 80.4 cm³/mol. The molecule has 0 aliphatic carbocycles. The Morgan fingerprint density at radius 1 is 1.38 bits per heavy atom. The Kier molecular flexibility index (Phi) is 5.07. The van der Waals surface area contributed by atoms with Gasteiger partial charge in [0.05, 0.1) is 5.92 Å². The van der Waals surface area contributed by atoms with Crippen LogP contribution >= 0.6 is 11.6 Å². The predicted octanol–water partition coefficient (Wildman–Crippen LogP) is 2.65. The van der Waals surface area contributed by atoms with Crippen molar-refractivity contribution in [2.24, 2.45) is 5.92 Å². The fourth-order valence-corrected chi connectivity index (χ4v) is 2.55. The van der Waals surface area contributed by atoms with Crippen molar-refractivity contribution in [1.82, 2.24) is 10.2 Å². The van der Waals surface area contributed by atoms with Crippen LogP contribution in [0.3, 0.4) is 0 Å². The van der Waals surface area contributed by atoms with Gasteiger partial charge in [-0.2, -0.15) is 0 Å². The van der Waals surface area contributed by atoms with Gasteiger partial charge in [0, 0.05) is 24.7 Å². The third-order valence-electron chi connectivity index (χ3n) is 3.80. The lowest BCUT2D eigenvalue weighted by molar-refractivity contribution is -0.143. The molecule has 2 N–H and O–H groups in total. The van der Waals surface area contributed by atoms with Crippen molar-refractivity contribution in [2.45, 2.75) is 26.3 Å². The van der Waals surface area contributed by atoms with E-state index in [1.807, 2.05) is 25.1 Å². The summed E-state index contributed by atoms with van der Waals surface area (Å²) in [4.78, 5) is 24.6. The Balaban J connectivity index is 1.82. The minimum atomic E-state index is -0.772. The van der Waals surface area contributed by atoms with Crippen LogP contribution in [0.5, 0.6) is 0 Å². The molecule has 1 heterocycles. The standard InChI is InChI=1S/C15H19ClN2O3/c1-10-8-11(2-3-13(10)16)9-17-15(21)18-6-4-12(5-7-18)14(19)20/h2-3,8,12H,4-7,9H2,1H3,(H,17,21)(H,19,20). The van der Waals surface area contributed by atoms with E-state index in [0.29, 0.717) is 37.5 Å². The van der Waals surface area contributed by atoms with Crippen LogP contribution in [0.15, 0.2) is 18.2 Å². The smallest absolute Gasteiger partial charge is 0.317 e. The van der Waals surface area contributed by atoms with Crippen LogP contribution < -0.4 is 5.32 Å². The Morgan fingerprint density at radius 3 is 2.62 bits per heavy atom. The van der Waals surface area contributed by atoms with Gasteiger partial charge in [-0.25, -0.2) is 4.79 Å². The van der Waals surface area contributed by atoms with Crippen LogP contribution in [0.4, 0.5) is 4.79 Å². The van der Waals surface area contributed by atoms with E-state index in [-0.39, 0.29) is 11.9 Å². The molecule has 5 nitrogen and oxygen atoms in total. The van der Waals surface area contributed by atoms with Crippen molar-refractivity contribution < 1.29 is 14.7 Å². The highest BCUT2D eigenvalue weighted by Gasteiger charge is 2.26. The molecule has 2 amide bonds. The molecule has 0 bridgehead atoms. The molecule has 0 unspecified atom stereocenters. The van der Waals surface area contributed by atoms with E-state index < -0.39 is 5.97 Å². The van der Waals surface area contributed by atoms with Gasteiger partial charge in [0.25, 0.3) is 0 Å². The van der Waals surface area contributed by atoms with E-state index in [9.17, 15) is 9.59 Å². The highest BCUT2D eigenvalue weighted by molar-refractivity contribution is 6.31. The van der Waals surface area contributed by atoms with Gasteiger partial charge in [-0.1, -0.05) is 23.7 Å². The first-order chi connectivity index (χ1) is 9.97. The molecular formula is C15H19ClN2O3. The monoisotopic (exact) mass is 310 g/mol. The fraction of sp³-hybridized carbons (Fsp3) is 0.467. The van der Waals surface area contributed by atoms with Crippen molar-refractivity contribution in [3.8, 4) is 0 Å². The highest BCUT2D eigenvalue weighted by atomic mass is 35.5. The molecule has 0 radical (unpaired) electrons. The zero-order valence-corrected chi connectivity index (χ0v) is 12.7. The second kappa shape index (κ2) is 6.80. The number of rotatable bonds is 3. The number of hydrogen-bond donors (Lipinski definition) is 2. The van der Waals surface area contributed by atoms with E-state index in [4.69, 9.17) is 16.7 Å². The van der Waals surface area contributed by atoms with Crippen molar-refractivity contribution in [3.05, 3.63) is 34.3 Å². The molecule has 1 aromatic rings. The Bertz CT molecular complexity index is 540. The third kappa shape index (κ3) is 4.11. The van der Waals surface area contributed by atoms with Gasteiger partial charge in [0.2, 0.25) is 0 Å². The minimum absolute atomic E-state index is 0.147. The van der Waals surface area contributed by atoms with Crippen LogP contribution in [0.1, 0.15) is 24.0 Å². The Hall–Kier alpha value is -1.75. The van der Waals surface area contributed by atoms with Crippen LogP contribution in [0.25, 0.3) is 0 Å². The van der Waals surface area contributed by atoms with Gasteiger partial charge in [-0.15, -0.1) is 0 Å². The zero-order chi connectivity index (χ0) is 15.4. The summed E-state index contributed by atoms with van der Waals surface area (Å²) >= 11 is 5.96. The van der Waals surface area contributed by atoms with Gasteiger partial charge in [-0.05, 0) is 37.0 Å². The molecule has 6 heteroatoms. The largest absolute Gasteiger partial charge is 0.481 e. The second-order valence-electron chi connectivity index (χ2n) is 5.34. The number of halogens is 1. The lowest BCUT2D eigenvalue weighted by Crippen LogP contribution is -2.45. The maximum absolute atomic E-state index is 12.0. The summed E-state index contributed by atoms with van der Waals surface area (Å²) in [6.45, 7) is 3.34. The molecule has 1 fully saturated rings. The van der Waals surface area contributed by atoms with Crippen LogP contribution in [0, 0.1) is 12.8 Å². The number of aryl methyl sites for hydroxylation is 1. The normalized spacial score (nSPS) is 15.8. The molecule has 114 valence electrons. The van der Waals surface area contributed by atoms with Gasteiger partial charge in [0.1, 0.15) is 0 Å². The third-order valence-corrected chi connectivity index (χ3v) is 4.22. The number of carboxylic acids is 1. The number of piperidine rings is 1. The fourth-order valence-electron chi connectivity index (χ4n) is 2.44. The summed E-state index contributed by atoms with van der Waals surface area (Å²) < 4.78 is 0. The molecule has 1 aliphatic heterocycles. The average molecular weight is 311 g/mol. The lowest BCUT2D eigenvalue weighted by atomic mass is 9.97. The molecule has 2 rings (SSSR count). The van der Waals surface area contributed by atoms with Crippen LogP contribution in [-0.2, 0) is 11.3 Å². The van der Waals surface area contributed by atoms with Crippen LogP contribution in [0.2, 0.25) is 5.02 Å². The van der Waals surface area contributed by atoms with Gasteiger partial charge in [-0.3, -0.25) is 4.79 Å². The average Bonchev–Trinajstić information content (AvgIpc) is 2.48. The SMILES string of the molecule is Cc1cc(CNC(=O)N2CCC(C(=O)O)CC2)ccc1Cl. The van der Waals surface area contributed by atoms with E-state index >= 15 is 0 Å². The van der Waals surface area contributed by atoms with E-state index in [1.165, 1.54) is 0 Å². The van der Waals surface area contributed by atoms with Crippen molar-refractivity contribution in [1.29, 1.82) is 0 Å². The number of carbonyl (C=O) groups is 2. The molecule has 1 aliphatic rings. The Labute approximate surface area is 128 Å².